The van der Waals surface area contributed by atoms with Crippen molar-refractivity contribution in [1.82, 2.24) is 15.0 Å². The molecule has 0 radical (unpaired) electrons. The first kappa shape index (κ1) is 33.9. The first-order valence-corrected chi connectivity index (χ1v) is 18.0. The summed E-state index contributed by atoms with van der Waals surface area (Å²) in [7, 11) is 0. The van der Waals surface area contributed by atoms with E-state index in [2.05, 4.69) is 95.0 Å². The Morgan fingerprint density at radius 1 is 0.604 bits per heavy atom. The zero-order chi connectivity index (χ0) is 36.9. The molecule has 262 valence electrons. The third-order valence-electron chi connectivity index (χ3n) is 9.69. The minimum atomic E-state index is -0.319. The topological polar surface area (TPSA) is 75.3 Å². The number of fused-ring (bicyclic) bond motifs is 3. The minimum absolute atomic E-state index is 0.178. The lowest BCUT2D eigenvalue weighted by Crippen LogP contribution is -2.17. The van der Waals surface area contributed by atoms with E-state index in [1.165, 1.54) is 0 Å². The lowest BCUT2D eigenvalue weighted by molar-refractivity contribution is 0.446. The molecule has 6 heteroatoms. The van der Waals surface area contributed by atoms with Gasteiger partial charge in [0.25, 0.3) is 0 Å². The summed E-state index contributed by atoms with van der Waals surface area (Å²) in [6.45, 7) is 12.9. The van der Waals surface area contributed by atoms with Crippen LogP contribution in [0, 0.1) is 0 Å². The highest BCUT2D eigenvalue weighted by Gasteiger charge is 2.28. The number of aromatic nitrogens is 3. The van der Waals surface area contributed by atoms with Gasteiger partial charge in [-0.1, -0.05) is 114 Å². The molecule has 0 atom stereocenters. The maximum Gasteiger partial charge on any atom is 0.180 e. The van der Waals surface area contributed by atoms with Crippen LogP contribution in [-0.2, 0) is 10.8 Å². The van der Waals surface area contributed by atoms with E-state index in [-0.39, 0.29) is 16.6 Å². The Morgan fingerprint density at radius 2 is 1.28 bits per heavy atom. The Kier molecular flexibility index (Phi) is 8.34. The van der Waals surface area contributed by atoms with Crippen molar-refractivity contribution in [2.24, 2.45) is 0 Å². The molecule has 0 aliphatic carbocycles. The van der Waals surface area contributed by atoms with Crippen LogP contribution in [0.1, 0.15) is 52.7 Å². The molecule has 0 fully saturated rings. The molecule has 0 saturated carbocycles. The number of benzene rings is 5. The molecule has 0 saturated heterocycles. The van der Waals surface area contributed by atoms with Gasteiger partial charge in [0, 0.05) is 34.1 Å². The van der Waals surface area contributed by atoms with Gasteiger partial charge in [0.05, 0.1) is 5.56 Å². The van der Waals surface area contributed by atoms with Gasteiger partial charge in [0.1, 0.15) is 28.4 Å². The summed E-state index contributed by atoms with van der Waals surface area (Å²) in [5.74, 6) is 1.41. The summed E-state index contributed by atoms with van der Waals surface area (Å²) in [6, 6.07) is 45.1. The molecule has 3 aromatic heterocycles. The molecule has 5 aromatic carbocycles. The number of phenols is 1. The van der Waals surface area contributed by atoms with Crippen LogP contribution < -0.4 is 4.90 Å². The summed E-state index contributed by atoms with van der Waals surface area (Å²) in [5, 5.41) is 12.9. The third-order valence-corrected chi connectivity index (χ3v) is 9.69. The van der Waals surface area contributed by atoms with Crippen molar-refractivity contribution in [3.63, 3.8) is 0 Å². The monoisotopic (exact) mass is 694 g/mol. The van der Waals surface area contributed by atoms with E-state index in [0.717, 1.165) is 56.0 Å². The Bertz CT molecular complexity index is 2540. The van der Waals surface area contributed by atoms with Gasteiger partial charge < -0.3 is 9.52 Å². The van der Waals surface area contributed by atoms with Crippen LogP contribution in [0.2, 0.25) is 0 Å². The van der Waals surface area contributed by atoms with Gasteiger partial charge in [-0.3, -0.25) is 4.90 Å². The molecule has 0 aliphatic heterocycles. The van der Waals surface area contributed by atoms with Crippen molar-refractivity contribution < 1.29 is 9.52 Å². The predicted molar refractivity (Wildman–Crippen MR) is 217 cm³/mol. The summed E-state index contributed by atoms with van der Waals surface area (Å²) in [5.41, 5.74) is 9.45. The van der Waals surface area contributed by atoms with E-state index >= 15 is 0 Å². The quantitative estimate of drug-likeness (QED) is 0.187. The van der Waals surface area contributed by atoms with Gasteiger partial charge in [0.15, 0.2) is 11.4 Å². The molecule has 0 unspecified atom stereocenters. The maximum atomic E-state index is 12.0. The van der Waals surface area contributed by atoms with Crippen LogP contribution in [-0.4, -0.2) is 20.1 Å². The molecule has 8 rings (SSSR count). The van der Waals surface area contributed by atoms with E-state index in [4.69, 9.17) is 19.4 Å². The number of rotatable bonds is 6. The molecule has 3 heterocycles. The second kappa shape index (κ2) is 13.1. The third kappa shape index (κ3) is 6.42. The van der Waals surface area contributed by atoms with Gasteiger partial charge in [-0.2, -0.15) is 0 Å². The first-order chi connectivity index (χ1) is 25.5. The van der Waals surface area contributed by atoms with E-state index < -0.39 is 0 Å². The highest BCUT2D eigenvalue weighted by molar-refractivity contribution is 6.07. The number of nitrogens with zero attached hydrogens (tertiary/aromatic N) is 4. The molecule has 0 amide bonds. The number of para-hydroxylation sites is 2. The van der Waals surface area contributed by atoms with Crippen molar-refractivity contribution in [3.05, 3.63) is 151 Å². The summed E-state index contributed by atoms with van der Waals surface area (Å²) < 4.78 is 6.62. The largest absolute Gasteiger partial charge is 0.507 e. The fourth-order valence-corrected chi connectivity index (χ4v) is 6.87. The second-order valence-corrected chi connectivity index (χ2v) is 15.6. The molecule has 0 spiro atoms. The first-order valence-electron chi connectivity index (χ1n) is 18.0. The van der Waals surface area contributed by atoms with Gasteiger partial charge in [0.2, 0.25) is 0 Å². The van der Waals surface area contributed by atoms with Gasteiger partial charge in [-0.05, 0) is 88.2 Å². The number of hydrogen-bond acceptors (Lipinski definition) is 6. The molecule has 0 aliphatic rings. The normalized spacial score (nSPS) is 12.0. The van der Waals surface area contributed by atoms with Crippen molar-refractivity contribution >= 4 is 39.3 Å². The highest BCUT2D eigenvalue weighted by atomic mass is 16.3. The Morgan fingerprint density at radius 3 is 1.98 bits per heavy atom. The smallest absolute Gasteiger partial charge is 0.180 e. The van der Waals surface area contributed by atoms with E-state index in [0.29, 0.717) is 28.2 Å². The van der Waals surface area contributed by atoms with Crippen LogP contribution in [0.3, 0.4) is 0 Å². The van der Waals surface area contributed by atoms with Crippen LogP contribution in [0.15, 0.2) is 144 Å². The molecule has 1 N–H and O–H groups in total. The minimum Gasteiger partial charge on any atom is -0.507 e. The SMILES string of the molecule is CC(C)(C)c1cc(-c2nc(-c3cc(-c4ccccc4)cc(N(c4ccccc4)c4ccccn4)c3)c3oc4ccccc4c3n2)c(O)c(C(C)(C)C)c1. The van der Waals surface area contributed by atoms with Crippen molar-refractivity contribution in [2.75, 3.05) is 4.90 Å². The highest BCUT2D eigenvalue weighted by Crippen LogP contribution is 2.45. The molecule has 6 nitrogen and oxygen atoms in total. The van der Waals surface area contributed by atoms with Gasteiger partial charge >= 0.3 is 0 Å². The summed E-state index contributed by atoms with van der Waals surface area (Å²) in [4.78, 5) is 17.4. The standard InChI is InChI=1S/C47H42N4O2/c1-46(2,3)33-28-37(43(52)38(29-33)47(4,5)6)45-49-41(44-42(50-45)36-21-13-14-22-39(36)53-44)32-25-31(30-17-9-7-10-18-30)26-35(27-32)51(34-19-11-8-12-20-34)40-23-15-16-24-48-40/h7-29,52H,1-6H3. The Balaban J connectivity index is 1.46. The zero-order valence-electron chi connectivity index (χ0n) is 30.9. The number of pyridine rings is 1. The van der Waals surface area contributed by atoms with Crippen LogP contribution in [0.4, 0.5) is 17.2 Å². The van der Waals surface area contributed by atoms with Gasteiger partial charge in [-0.15, -0.1) is 0 Å². The van der Waals surface area contributed by atoms with E-state index in [1.54, 1.807) is 0 Å². The van der Waals surface area contributed by atoms with Gasteiger partial charge in [-0.25, -0.2) is 15.0 Å². The van der Waals surface area contributed by atoms with Crippen molar-refractivity contribution in [1.29, 1.82) is 0 Å². The van der Waals surface area contributed by atoms with Crippen molar-refractivity contribution in [2.45, 2.75) is 52.4 Å². The van der Waals surface area contributed by atoms with E-state index in [9.17, 15) is 5.11 Å². The molecular formula is C47H42N4O2. The summed E-state index contributed by atoms with van der Waals surface area (Å²) in [6.07, 6.45) is 1.81. The molecule has 0 bridgehead atoms. The number of aromatic hydroxyl groups is 1. The number of hydrogen-bond donors (Lipinski definition) is 1. The van der Waals surface area contributed by atoms with Crippen LogP contribution in [0.5, 0.6) is 5.75 Å². The van der Waals surface area contributed by atoms with E-state index in [1.807, 2.05) is 91.1 Å². The Hall–Kier alpha value is -6.27. The van der Waals surface area contributed by atoms with Crippen molar-refractivity contribution in [3.8, 4) is 39.5 Å². The number of phenolic OH excluding ortho intramolecular Hbond substituents is 1. The average Bonchev–Trinajstić information content (AvgIpc) is 3.53. The lowest BCUT2D eigenvalue weighted by atomic mass is 9.79. The zero-order valence-corrected chi connectivity index (χ0v) is 30.9. The van der Waals surface area contributed by atoms with Crippen LogP contribution in [0.25, 0.3) is 55.8 Å². The second-order valence-electron chi connectivity index (χ2n) is 15.6. The maximum absolute atomic E-state index is 12.0. The average molecular weight is 695 g/mol. The molecule has 53 heavy (non-hydrogen) atoms. The summed E-state index contributed by atoms with van der Waals surface area (Å²) >= 11 is 0. The van der Waals surface area contributed by atoms with Crippen LogP contribution >= 0.6 is 0 Å². The molecular weight excluding hydrogens is 653 g/mol. The fourth-order valence-electron chi connectivity index (χ4n) is 6.87. The number of furan rings is 1. The predicted octanol–water partition coefficient (Wildman–Crippen LogP) is 12.5. The fraction of sp³-hybridized carbons (Fsp3) is 0.170. The Labute approximate surface area is 310 Å². The number of anilines is 3. The molecule has 8 aromatic rings. The lowest BCUT2D eigenvalue weighted by Gasteiger charge is -2.27.